The van der Waals surface area contributed by atoms with Crippen molar-refractivity contribution in [2.45, 2.75) is 19.9 Å². The van der Waals surface area contributed by atoms with Gasteiger partial charge < -0.3 is 10.6 Å². The van der Waals surface area contributed by atoms with Gasteiger partial charge >= 0.3 is 0 Å². The summed E-state index contributed by atoms with van der Waals surface area (Å²) in [6, 6.07) is 8.20. The van der Waals surface area contributed by atoms with Crippen LogP contribution >= 0.6 is 24.0 Å². The van der Waals surface area contributed by atoms with Crippen molar-refractivity contribution in [3.8, 4) is 0 Å². The number of nitrogens with one attached hydrogen (secondary N) is 2. The summed E-state index contributed by atoms with van der Waals surface area (Å²) in [5.74, 6) is 1.50. The van der Waals surface area contributed by atoms with E-state index in [9.17, 15) is 8.42 Å². The number of aryl methyl sites for hydroxylation is 1. The van der Waals surface area contributed by atoms with Crippen LogP contribution < -0.4 is 10.6 Å². The summed E-state index contributed by atoms with van der Waals surface area (Å²) in [7, 11) is -1.09. The van der Waals surface area contributed by atoms with Crippen LogP contribution in [-0.2, 0) is 16.4 Å². The number of nitrogens with zero attached hydrogens (tertiary/aromatic N) is 1. The van der Waals surface area contributed by atoms with Crippen LogP contribution in [0.4, 0.5) is 0 Å². The summed E-state index contributed by atoms with van der Waals surface area (Å²) in [5.41, 5.74) is 2.46. The molecule has 1 aliphatic heterocycles. The third kappa shape index (κ3) is 5.75. The average Bonchev–Trinajstić information content (AvgIpc) is 2.80. The molecular formula is C15H24IN3O2S. The summed E-state index contributed by atoms with van der Waals surface area (Å²) in [5, 5.41) is 6.47. The van der Waals surface area contributed by atoms with Gasteiger partial charge in [-0.3, -0.25) is 4.99 Å². The summed E-state index contributed by atoms with van der Waals surface area (Å²) < 4.78 is 22.9. The first kappa shape index (κ1) is 19.2. The second-order valence-electron chi connectivity index (χ2n) is 5.50. The van der Waals surface area contributed by atoms with Crippen LogP contribution in [0.15, 0.2) is 29.3 Å². The molecule has 0 radical (unpaired) electrons. The standard InChI is InChI=1S/C15H23N3O2S.HI/c1-12-5-3-4-6-14(12)10-18-15(16-2)17-9-13-7-8-21(19,20)11-13;/h3-6,13H,7-11H2,1-2H3,(H2,16,17,18);1H. The van der Waals surface area contributed by atoms with Crippen LogP contribution in [0.2, 0.25) is 0 Å². The van der Waals surface area contributed by atoms with E-state index in [-0.39, 0.29) is 35.6 Å². The zero-order valence-corrected chi connectivity index (χ0v) is 16.1. The Kier molecular flexibility index (Phi) is 7.61. The fourth-order valence-corrected chi connectivity index (χ4v) is 4.34. The summed E-state index contributed by atoms with van der Waals surface area (Å²) >= 11 is 0. The lowest BCUT2D eigenvalue weighted by Crippen LogP contribution is -2.39. The summed E-state index contributed by atoms with van der Waals surface area (Å²) in [4.78, 5) is 4.18. The number of halogens is 1. The molecule has 124 valence electrons. The van der Waals surface area contributed by atoms with Crippen molar-refractivity contribution in [3.05, 3.63) is 35.4 Å². The molecule has 2 N–H and O–H groups in total. The quantitative estimate of drug-likeness (QED) is 0.428. The van der Waals surface area contributed by atoms with E-state index >= 15 is 0 Å². The molecule has 22 heavy (non-hydrogen) atoms. The molecule has 7 heteroatoms. The van der Waals surface area contributed by atoms with Crippen LogP contribution in [0.1, 0.15) is 17.5 Å². The van der Waals surface area contributed by atoms with Gasteiger partial charge in [-0.15, -0.1) is 24.0 Å². The zero-order chi connectivity index (χ0) is 15.3. The SMILES string of the molecule is CN=C(NCc1ccccc1C)NCC1CCS(=O)(=O)C1.I. The molecule has 0 spiro atoms. The van der Waals surface area contributed by atoms with Crippen LogP contribution in [0.25, 0.3) is 0 Å². The van der Waals surface area contributed by atoms with E-state index in [0.29, 0.717) is 24.8 Å². The van der Waals surface area contributed by atoms with Crippen molar-refractivity contribution in [3.63, 3.8) is 0 Å². The minimum atomic E-state index is -2.81. The number of sulfone groups is 1. The minimum absolute atomic E-state index is 0. The van der Waals surface area contributed by atoms with Crippen LogP contribution in [0.5, 0.6) is 0 Å². The molecule has 1 saturated heterocycles. The molecule has 1 aromatic rings. The number of guanidine groups is 1. The molecule has 2 rings (SSSR count). The second kappa shape index (κ2) is 8.71. The molecule has 0 amide bonds. The first-order chi connectivity index (χ1) is 10.00. The molecule has 0 bridgehead atoms. The van der Waals surface area contributed by atoms with Gasteiger partial charge in [-0.25, -0.2) is 8.42 Å². The zero-order valence-electron chi connectivity index (χ0n) is 13.0. The van der Waals surface area contributed by atoms with Crippen molar-refractivity contribution in [1.82, 2.24) is 10.6 Å². The number of aliphatic imine (C=N–C) groups is 1. The Morgan fingerprint density at radius 3 is 2.64 bits per heavy atom. The van der Waals surface area contributed by atoms with E-state index in [0.717, 1.165) is 6.42 Å². The van der Waals surface area contributed by atoms with Gasteiger partial charge in [0.1, 0.15) is 0 Å². The Morgan fingerprint density at radius 2 is 2.05 bits per heavy atom. The Labute approximate surface area is 149 Å². The van der Waals surface area contributed by atoms with Gasteiger partial charge in [-0.05, 0) is 30.4 Å². The average molecular weight is 437 g/mol. The highest BCUT2D eigenvalue weighted by atomic mass is 127. The summed E-state index contributed by atoms with van der Waals surface area (Å²) in [6.07, 6.45) is 0.740. The fraction of sp³-hybridized carbons (Fsp3) is 0.533. The number of hydrogen-bond acceptors (Lipinski definition) is 3. The van der Waals surface area contributed by atoms with E-state index in [1.165, 1.54) is 11.1 Å². The Balaban J connectivity index is 0.00000242. The van der Waals surface area contributed by atoms with Gasteiger partial charge in [0.2, 0.25) is 0 Å². The minimum Gasteiger partial charge on any atom is -0.356 e. The Bertz CT molecular complexity index is 617. The van der Waals surface area contributed by atoms with E-state index in [1.807, 2.05) is 12.1 Å². The molecule has 0 aliphatic carbocycles. The lowest BCUT2D eigenvalue weighted by atomic mass is 10.1. The van der Waals surface area contributed by atoms with Gasteiger partial charge in [-0.1, -0.05) is 24.3 Å². The maximum absolute atomic E-state index is 11.4. The maximum Gasteiger partial charge on any atom is 0.191 e. The predicted molar refractivity (Wildman–Crippen MR) is 102 cm³/mol. The number of rotatable bonds is 4. The molecule has 0 aromatic heterocycles. The molecule has 1 aliphatic rings. The molecular weight excluding hydrogens is 413 g/mol. The van der Waals surface area contributed by atoms with Crippen LogP contribution in [0.3, 0.4) is 0 Å². The van der Waals surface area contributed by atoms with Crippen molar-refractivity contribution in [2.75, 3.05) is 25.1 Å². The van der Waals surface area contributed by atoms with Crippen molar-refractivity contribution >= 4 is 39.8 Å². The monoisotopic (exact) mass is 437 g/mol. The van der Waals surface area contributed by atoms with Crippen LogP contribution in [0, 0.1) is 12.8 Å². The summed E-state index contributed by atoms with van der Waals surface area (Å²) in [6.45, 7) is 3.43. The molecule has 1 heterocycles. The highest BCUT2D eigenvalue weighted by Crippen LogP contribution is 2.17. The highest BCUT2D eigenvalue weighted by molar-refractivity contribution is 14.0. The van der Waals surface area contributed by atoms with Gasteiger partial charge in [0.15, 0.2) is 15.8 Å². The maximum atomic E-state index is 11.4. The van der Waals surface area contributed by atoms with E-state index in [4.69, 9.17) is 0 Å². The Morgan fingerprint density at radius 1 is 1.32 bits per heavy atom. The predicted octanol–water partition coefficient (Wildman–Crippen LogP) is 1.71. The van der Waals surface area contributed by atoms with Crippen molar-refractivity contribution in [1.29, 1.82) is 0 Å². The molecule has 0 saturated carbocycles. The van der Waals surface area contributed by atoms with E-state index in [2.05, 4.69) is 34.7 Å². The first-order valence-electron chi connectivity index (χ1n) is 7.19. The molecule has 1 aromatic carbocycles. The smallest absolute Gasteiger partial charge is 0.191 e. The molecule has 1 fully saturated rings. The van der Waals surface area contributed by atoms with Crippen molar-refractivity contribution in [2.24, 2.45) is 10.9 Å². The third-order valence-corrected chi connectivity index (χ3v) is 5.65. The van der Waals surface area contributed by atoms with Gasteiger partial charge in [0.25, 0.3) is 0 Å². The molecule has 1 atom stereocenters. The molecule has 1 unspecified atom stereocenters. The number of benzene rings is 1. The van der Waals surface area contributed by atoms with Crippen LogP contribution in [-0.4, -0.2) is 39.5 Å². The topological polar surface area (TPSA) is 70.6 Å². The first-order valence-corrected chi connectivity index (χ1v) is 9.02. The number of hydrogen-bond donors (Lipinski definition) is 2. The van der Waals surface area contributed by atoms with Gasteiger partial charge in [0.05, 0.1) is 11.5 Å². The van der Waals surface area contributed by atoms with E-state index < -0.39 is 9.84 Å². The molecule has 5 nitrogen and oxygen atoms in total. The van der Waals surface area contributed by atoms with Gasteiger partial charge in [0, 0.05) is 20.1 Å². The van der Waals surface area contributed by atoms with Gasteiger partial charge in [-0.2, -0.15) is 0 Å². The van der Waals surface area contributed by atoms with E-state index in [1.54, 1.807) is 7.05 Å². The lowest BCUT2D eigenvalue weighted by molar-refractivity contribution is 0.567. The third-order valence-electron chi connectivity index (χ3n) is 3.82. The lowest BCUT2D eigenvalue weighted by Gasteiger charge is -2.15. The normalized spacial score (nSPS) is 20.3. The highest BCUT2D eigenvalue weighted by Gasteiger charge is 2.27. The fourth-order valence-electron chi connectivity index (χ4n) is 2.48. The largest absolute Gasteiger partial charge is 0.356 e. The van der Waals surface area contributed by atoms with Crippen molar-refractivity contribution < 1.29 is 8.42 Å². The Hall–Kier alpha value is -0.830. The second-order valence-corrected chi connectivity index (χ2v) is 7.73.